The number of anilines is 1. The normalized spacial score (nSPS) is 19.2. The molecule has 0 spiro atoms. The molecule has 2 aliphatic heterocycles. The van der Waals surface area contributed by atoms with E-state index in [0.717, 1.165) is 19.0 Å². The number of likely N-dealkylation sites (N-methyl/N-ethyl adjacent to an activating group) is 1. The summed E-state index contributed by atoms with van der Waals surface area (Å²) in [7, 11) is 0. The maximum Gasteiger partial charge on any atom is 0.338 e. The molecule has 2 aromatic rings. The molecule has 0 bridgehead atoms. The van der Waals surface area contributed by atoms with Gasteiger partial charge in [0.15, 0.2) is 11.1 Å². The highest BCUT2D eigenvalue weighted by atomic mass is 32.2. The van der Waals surface area contributed by atoms with Gasteiger partial charge in [0, 0.05) is 31.8 Å². The molecule has 1 aromatic heterocycles. The molecule has 8 nitrogen and oxygen atoms in total. The number of ether oxygens (including phenoxy) is 2. The predicted molar refractivity (Wildman–Crippen MR) is 124 cm³/mol. The van der Waals surface area contributed by atoms with Crippen molar-refractivity contribution in [3.8, 4) is 0 Å². The van der Waals surface area contributed by atoms with Crippen LogP contribution in [0.2, 0.25) is 0 Å². The second-order valence-corrected chi connectivity index (χ2v) is 8.11. The molecule has 3 heterocycles. The summed E-state index contributed by atoms with van der Waals surface area (Å²) < 4.78 is 16.4. The quantitative estimate of drug-likeness (QED) is 0.482. The Bertz CT molecular complexity index is 1060. The number of rotatable bonds is 6. The van der Waals surface area contributed by atoms with Crippen LogP contribution in [-0.2, 0) is 14.3 Å². The lowest BCUT2D eigenvalue weighted by atomic mass is 10.2. The Hall–Kier alpha value is -3.04. The van der Waals surface area contributed by atoms with Gasteiger partial charge in [-0.15, -0.1) is 0 Å². The number of carbonyl (C=O) groups is 2. The third-order valence-corrected chi connectivity index (χ3v) is 6.00. The Balaban J connectivity index is 1.55. The van der Waals surface area contributed by atoms with Crippen molar-refractivity contribution < 1.29 is 23.5 Å². The number of carbonyl (C=O) groups excluding carboxylic acids is 2. The second-order valence-electron chi connectivity index (χ2n) is 7.10. The van der Waals surface area contributed by atoms with Crippen LogP contribution in [0.5, 0.6) is 0 Å². The van der Waals surface area contributed by atoms with E-state index < -0.39 is 5.97 Å². The highest BCUT2D eigenvalue weighted by Gasteiger charge is 2.32. The smallest absolute Gasteiger partial charge is 0.338 e. The van der Waals surface area contributed by atoms with E-state index in [1.165, 1.54) is 11.8 Å². The number of amides is 1. The average molecular weight is 456 g/mol. The van der Waals surface area contributed by atoms with Crippen LogP contribution in [0, 0.1) is 0 Å². The van der Waals surface area contributed by atoms with Crippen LogP contribution in [0.4, 0.5) is 11.6 Å². The van der Waals surface area contributed by atoms with Gasteiger partial charge in [-0.1, -0.05) is 6.07 Å². The first-order chi connectivity index (χ1) is 15.6. The number of amidine groups is 1. The predicted octanol–water partition coefficient (Wildman–Crippen LogP) is 3.92. The number of morpholine rings is 1. The zero-order valence-corrected chi connectivity index (χ0v) is 18.9. The molecule has 168 valence electrons. The molecule has 0 unspecified atom stereocenters. The Morgan fingerprint density at radius 3 is 2.78 bits per heavy atom. The Morgan fingerprint density at radius 1 is 1.22 bits per heavy atom. The molecule has 4 rings (SSSR count). The summed E-state index contributed by atoms with van der Waals surface area (Å²) in [4.78, 5) is 33.8. The van der Waals surface area contributed by atoms with Crippen molar-refractivity contribution in [1.82, 2.24) is 4.90 Å². The van der Waals surface area contributed by atoms with E-state index in [4.69, 9.17) is 13.9 Å². The lowest BCUT2D eigenvalue weighted by Crippen LogP contribution is -2.35. The number of hydrogen-bond donors (Lipinski definition) is 0. The maximum absolute atomic E-state index is 12.9. The van der Waals surface area contributed by atoms with Gasteiger partial charge >= 0.3 is 5.97 Å². The number of thioether (sulfide) groups is 1. The van der Waals surface area contributed by atoms with Gasteiger partial charge in [0.05, 0.1) is 36.0 Å². The van der Waals surface area contributed by atoms with Gasteiger partial charge in [0.25, 0.3) is 5.91 Å². The summed E-state index contributed by atoms with van der Waals surface area (Å²) in [6, 6.07) is 10.6. The van der Waals surface area contributed by atoms with Crippen molar-refractivity contribution >= 4 is 46.5 Å². The largest absolute Gasteiger partial charge is 0.462 e. The van der Waals surface area contributed by atoms with Gasteiger partial charge in [0.2, 0.25) is 0 Å². The minimum absolute atomic E-state index is 0.123. The molecule has 1 aromatic carbocycles. The van der Waals surface area contributed by atoms with Gasteiger partial charge < -0.3 is 18.8 Å². The van der Waals surface area contributed by atoms with Crippen LogP contribution < -0.4 is 4.90 Å². The first-order valence-electron chi connectivity index (χ1n) is 10.6. The van der Waals surface area contributed by atoms with Crippen molar-refractivity contribution in [2.45, 2.75) is 13.8 Å². The molecular formula is C23H25N3O5S. The molecular weight excluding hydrogens is 430 g/mol. The summed E-state index contributed by atoms with van der Waals surface area (Å²) in [6.07, 6.45) is 1.75. The first kappa shape index (κ1) is 22.2. The van der Waals surface area contributed by atoms with Crippen molar-refractivity contribution in [3.05, 3.63) is 52.6 Å². The van der Waals surface area contributed by atoms with Gasteiger partial charge in [-0.2, -0.15) is 0 Å². The highest BCUT2D eigenvalue weighted by Crippen LogP contribution is 2.35. The average Bonchev–Trinajstić information content (AvgIpc) is 3.39. The Morgan fingerprint density at radius 2 is 2.03 bits per heavy atom. The molecule has 2 aliphatic rings. The van der Waals surface area contributed by atoms with E-state index in [2.05, 4.69) is 9.89 Å². The van der Waals surface area contributed by atoms with Crippen LogP contribution in [-0.4, -0.2) is 61.4 Å². The van der Waals surface area contributed by atoms with Crippen LogP contribution in [0.15, 0.2) is 50.7 Å². The Labute approximate surface area is 190 Å². The standard InChI is InChI=1S/C23H25N3O5S/c1-3-26-21(27)19(15-18-8-9-20(31-18)25-10-12-29-13-11-25)32-23(26)24-17-7-5-6-16(14-17)22(28)30-4-2/h5-9,14-15H,3-4,10-13H2,1-2H3. The van der Waals surface area contributed by atoms with E-state index in [-0.39, 0.29) is 5.91 Å². The molecule has 2 fully saturated rings. The Kier molecular flexibility index (Phi) is 6.96. The number of nitrogens with zero attached hydrogens (tertiary/aromatic N) is 3. The molecule has 0 N–H and O–H groups in total. The summed E-state index contributed by atoms with van der Waals surface area (Å²) in [6.45, 7) is 7.36. The topological polar surface area (TPSA) is 84.6 Å². The third-order valence-electron chi connectivity index (χ3n) is 5.00. The lowest BCUT2D eigenvalue weighted by molar-refractivity contribution is -0.122. The van der Waals surface area contributed by atoms with Crippen LogP contribution in [0.1, 0.15) is 30.0 Å². The van der Waals surface area contributed by atoms with E-state index in [1.807, 2.05) is 19.1 Å². The van der Waals surface area contributed by atoms with E-state index in [9.17, 15) is 9.59 Å². The maximum atomic E-state index is 12.9. The van der Waals surface area contributed by atoms with Crippen molar-refractivity contribution in [1.29, 1.82) is 0 Å². The van der Waals surface area contributed by atoms with Crippen molar-refractivity contribution in [3.63, 3.8) is 0 Å². The number of esters is 1. The number of hydrogen-bond acceptors (Lipinski definition) is 8. The molecule has 0 aliphatic carbocycles. The minimum Gasteiger partial charge on any atom is -0.462 e. The number of furan rings is 1. The molecule has 0 saturated carbocycles. The second kappa shape index (κ2) is 10.1. The highest BCUT2D eigenvalue weighted by molar-refractivity contribution is 8.18. The van der Waals surface area contributed by atoms with Gasteiger partial charge in [0.1, 0.15) is 5.76 Å². The summed E-state index contributed by atoms with van der Waals surface area (Å²) in [5, 5.41) is 0.560. The molecule has 9 heteroatoms. The van der Waals surface area contributed by atoms with Crippen LogP contribution in [0.25, 0.3) is 6.08 Å². The van der Waals surface area contributed by atoms with Crippen LogP contribution in [0.3, 0.4) is 0 Å². The molecule has 32 heavy (non-hydrogen) atoms. The first-order valence-corrected chi connectivity index (χ1v) is 11.4. The fourth-order valence-electron chi connectivity index (χ4n) is 3.40. The fraction of sp³-hybridized carbons (Fsp3) is 0.348. The van der Waals surface area contributed by atoms with Crippen molar-refractivity contribution in [2.24, 2.45) is 4.99 Å². The summed E-state index contributed by atoms with van der Waals surface area (Å²) in [5.74, 6) is 0.866. The molecule has 0 radical (unpaired) electrons. The van der Waals surface area contributed by atoms with E-state index >= 15 is 0 Å². The fourth-order valence-corrected chi connectivity index (χ4v) is 4.44. The zero-order chi connectivity index (χ0) is 22.5. The minimum atomic E-state index is -0.397. The van der Waals surface area contributed by atoms with Gasteiger partial charge in [-0.25, -0.2) is 9.79 Å². The van der Waals surface area contributed by atoms with E-state index in [0.29, 0.717) is 53.4 Å². The summed E-state index contributed by atoms with van der Waals surface area (Å²) in [5.41, 5.74) is 1.01. The molecule has 2 saturated heterocycles. The van der Waals surface area contributed by atoms with Gasteiger partial charge in [-0.05, 0) is 49.9 Å². The monoisotopic (exact) mass is 455 g/mol. The summed E-state index contributed by atoms with van der Waals surface area (Å²) >= 11 is 1.29. The SMILES string of the molecule is CCOC(=O)c1cccc(N=C2SC(=Cc3ccc(N4CCOCC4)o3)C(=O)N2CC)c1. The number of benzene rings is 1. The third kappa shape index (κ3) is 4.89. The zero-order valence-electron chi connectivity index (χ0n) is 18.1. The van der Waals surface area contributed by atoms with E-state index in [1.54, 1.807) is 42.2 Å². The van der Waals surface area contributed by atoms with Crippen molar-refractivity contribution in [2.75, 3.05) is 44.4 Å². The molecule has 1 amide bonds. The van der Waals surface area contributed by atoms with Gasteiger partial charge in [-0.3, -0.25) is 9.69 Å². The lowest BCUT2D eigenvalue weighted by Gasteiger charge is -2.26. The molecule has 0 atom stereocenters. The number of aliphatic imine (C=N–C) groups is 1. The van der Waals surface area contributed by atoms with Crippen LogP contribution >= 0.6 is 11.8 Å².